The molecule has 0 N–H and O–H groups in total. The Morgan fingerprint density at radius 2 is 2.25 bits per heavy atom. The van der Waals surface area contributed by atoms with Crippen LogP contribution in [-0.2, 0) is 13.0 Å². The molecule has 0 amide bonds. The Morgan fingerprint density at radius 1 is 1.42 bits per heavy atom. The van der Waals surface area contributed by atoms with Crippen molar-refractivity contribution in [2.24, 2.45) is 0 Å². The van der Waals surface area contributed by atoms with Crippen LogP contribution in [0.5, 0.6) is 0 Å². The predicted molar refractivity (Wildman–Crippen MR) is 49.3 cm³/mol. The molecule has 0 aliphatic carbocycles. The van der Waals surface area contributed by atoms with E-state index in [0.717, 1.165) is 0 Å². The van der Waals surface area contributed by atoms with Crippen molar-refractivity contribution in [2.75, 3.05) is 0 Å². The number of rotatable bonds is 1. The fourth-order valence-corrected chi connectivity index (χ4v) is 1.94. The lowest BCUT2D eigenvalue weighted by Gasteiger charge is -2.16. The number of hydrogen-bond donors (Lipinski definition) is 0. The van der Waals surface area contributed by atoms with Crippen molar-refractivity contribution in [1.29, 1.82) is 0 Å². The van der Waals surface area contributed by atoms with Crippen LogP contribution in [-0.4, -0.2) is 9.55 Å². The number of fused-ring (bicyclic) bond motifs is 1. The molecule has 66 valence electrons. The molecule has 0 saturated heterocycles. The van der Waals surface area contributed by atoms with Crippen LogP contribution in [0.25, 0.3) is 0 Å². The number of aromatic nitrogens is 2. The fraction of sp³-hybridized carbons (Fsp3) is 0.700. The molecular formula is C10H16N2. The van der Waals surface area contributed by atoms with Gasteiger partial charge in [0.05, 0.1) is 12.0 Å². The topological polar surface area (TPSA) is 17.8 Å². The Balaban J connectivity index is 2.38. The molecular weight excluding hydrogens is 148 g/mol. The molecule has 1 aromatic rings. The smallest absolute Gasteiger partial charge is 0.0951 e. The maximum absolute atomic E-state index is 4.46. The van der Waals surface area contributed by atoms with Gasteiger partial charge in [0.15, 0.2) is 0 Å². The minimum absolute atomic E-state index is 0.583. The summed E-state index contributed by atoms with van der Waals surface area (Å²) in [6.07, 6.45) is 5.89. The van der Waals surface area contributed by atoms with Gasteiger partial charge >= 0.3 is 0 Å². The third-order valence-electron chi connectivity index (χ3n) is 2.59. The van der Waals surface area contributed by atoms with Crippen molar-refractivity contribution >= 4 is 0 Å². The summed E-state index contributed by atoms with van der Waals surface area (Å²) >= 11 is 0. The summed E-state index contributed by atoms with van der Waals surface area (Å²) in [5, 5.41) is 0. The van der Waals surface area contributed by atoms with Gasteiger partial charge in [0.1, 0.15) is 0 Å². The van der Waals surface area contributed by atoms with Crippen molar-refractivity contribution in [3.63, 3.8) is 0 Å². The minimum atomic E-state index is 0.583. The fourth-order valence-electron chi connectivity index (χ4n) is 1.94. The van der Waals surface area contributed by atoms with Crippen molar-refractivity contribution in [2.45, 2.75) is 45.6 Å². The average Bonchev–Trinajstić information content (AvgIpc) is 2.47. The summed E-state index contributed by atoms with van der Waals surface area (Å²) in [6.45, 7) is 5.62. The van der Waals surface area contributed by atoms with Crippen LogP contribution < -0.4 is 0 Å². The molecule has 1 aromatic heterocycles. The van der Waals surface area contributed by atoms with E-state index in [9.17, 15) is 0 Å². The SMILES string of the molecule is CC(C)c1ncn2c1CCCC2. The van der Waals surface area contributed by atoms with Crippen molar-refractivity contribution in [3.05, 3.63) is 17.7 Å². The number of aryl methyl sites for hydroxylation is 1. The average molecular weight is 164 g/mol. The van der Waals surface area contributed by atoms with Gasteiger partial charge in [-0.25, -0.2) is 4.98 Å². The third kappa shape index (κ3) is 1.15. The van der Waals surface area contributed by atoms with Crippen LogP contribution in [0.1, 0.15) is 44.0 Å². The zero-order valence-electron chi connectivity index (χ0n) is 7.88. The van der Waals surface area contributed by atoms with E-state index in [4.69, 9.17) is 0 Å². The van der Waals surface area contributed by atoms with E-state index in [1.165, 1.54) is 37.2 Å². The van der Waals surface area contributed by atoms with E-state index in [-0.39, 0.29) is 0 Å². The molecule has 0 unspecified atom stereocenters. The van der Waals surface area contributed by atoms with Crippen molar-refractivity contribution in [3.8, 4) is 0 Å². The lowest BCUT2D eigenvalue weighted by Crippen LogP contribution is -2.10. The lowest BCUT2D eigenvalue weighted by atomic mass is 10.0. The van der Waals surface area contributed by atoms with Crippen LogP contribution in [0.3, 0.4) is 0 Å². The first-order chi connectivity index (χ1) is 5.79. The highest BCUT2D eigenvalue weighted by Crippen LogP contribution is 2.23. The number of imidazole rings is 1. The lowest BCUT2D eigenvalue weighted by molar-refractivity contribution is 0.527. The second-order valence-corrected chi connectivity index (χ2v) is 3.88. The molecule has 0 spiro atoms. The summed E-state index contributed by atoms with van der Waals surface area (Å²) < 4.78 is 2.32. The summed E-state index contributed by atoms with van der Waals surface area (Å²) in [7, 11) is 0. The number of nitrogens with zero attached hydrogens (tertiary/aromatic N) is 2. The van der Waals surface area contributed by atoms with E-state index in [1.54, 1.807) is 0 Å². The first-order valence-corrected chi connectivity index (χ1v) is 4.83. The number of hydrogen-bond acceptors (Lipinski definition) is 1. The van der Waals surface area contributed by atoms with Gasteiger partial charge in [0.25, 0.3) is 0 Å². The van der Waals surface area contributed by atoms with Crippen LogP contribution in [0.4, 0.5) is 0 Å². The molecule has 0 aromatic carbocycles. The summed E-state index contributed by atoms with van der Waals surface area (Å²) in [5.41, 5.74) is 2.80. The Bertz CT molecular complexity index is 273. The minimum Gasteiger partial charge on any atom is -0.334 e. The highest BCUT2D eigenvalue weighted by Gasteiger charge is 2.15. The molecule has 2 heterocycles. The molecule has 2 rings (SSSR count). The predicted octanol–water partition coefficient (Wildman–Crippen LogP) is 2.34. The Hall–Kier alpha value is -0.790. The van der Waals surface area contributed by atoms with Gasteiger partial charge in [0.2, 0.25) is 0 Å². The molecule has 12 heavy (non-hydrogen) atoms. The first-order valence-electron chi connectivity index (χ1n) is 4.83. The van der Waals surface area contributed by atoms with Crippen LogP contribution in [0, 0.1) is 0 Å². The van der Waals surface area contributed by atoms with Gasteiger partial charge in [-0.05, 0) is 25.2 Å². The van der Waals surface area contributed by atoms with E-state index in [0.29, 0.717) is 5.92 Å². The molecule has 0 saturated carbocycles. The standard InChI is InChI=1S/C10H16N2/c1-8(2)10-9-5-3-4-6-12(9)7-11-10/h7-8H,3-6H2,1-2H3. The van der Waals surface area contributed by atoms with E-state index in [2.05, 4.69) is 23.4 Å². The molecule has 1 aliphatic rings. The highest BCUT2D eigenvalue weighted by atomic mass is 15.1. The van der Waals surface area contributed by atoms with Gasteiger partial charge in [0, 0.05) is 12.2 Å². The Labute approximate surface area is 73.6 Å². The van der Waals surface area contributed by atoms with Crippen LogP contribution in [0.15, 0.2) is 6.33 Å². The quantitative estimate of drug-likeness (QED) is 0.623. The Morgan fingerprint density at radius 3 is 3.00 bits per heavy atom. The molecule has 0 fully saturated rings. The van der Waals surface area contributed by atoms with Gasteiger partial charge in [-0.1, -0.05) is 13.8 Å². The maximum atomic E-state index is 4.46. The maximum Gasteiger partial charge on any atom is 0.0951 e. The zero-order valence-corrected chi connectivity index (χ0v) is 7.88. The van der Waals surface area contributed by atoms with E-state index >= 15 is 0 Å². The van der Waals surface area contributed by atoms with Crippen LogP contribution in [0.2, 0.25) is 0 Å². The van der Waals surface area contributed by atoms with Crippen molar-refractivity contribution < 1.29 is 0 Å². The largest absolute Gasteiger partial charge is 0.334 e. The third-order valence-corrected chi connectivity index (χ3v) is 2.59. The normalized spacial score (nSPS) is 16.6. The second-order valence-electron chi connectivity index (χ2n) is 3.88. The van der Waals surface area contributed by atoms with Crippen LogP contribution >= 0.6 is 0 Å². The zero-order chi connectivity index (χ0) is 8.55. The second kappa shape index (κ2) is 2.92. The highest BCUT2D eigenvalue weighted by molar-refractivity contribution is 5.18. The van der Waals surface area contributed by atoms with Gasteiger partial charge in [-0.2, -0.15) is 0 Å². The first kappa shape index (κ1) is 7.84. The summed E-state index contributed by atoms with van der Waals surface area (Å²) in [6, 6.07) is 0. The van der Waals surface area contributed by atoms with E-state index < -0.39 is 0 Å². The van der Waals surface area contributed by atoms with Crippen molar-refractivity contribution in [1.82, 2.24) is 9.55 Å². The Kier molecular flexibility index (Phi) is 1.91. The molecule has 2 heteroatoms. The van der Waals surface area contributed by atoms with Gasteiger partial charge in [-0.15, -0.1) is 0 Å². The molecule has 0 radical (unpaired) electrons. The molecule has 1 aliphatic heterocycles. The van der Waals surface area contributed by atoms with Gasteiger partial charge in [-0.3, -0.25) is 0 Å². The molecule has 2 nitrogen and oxygen atoms in total. The van der Waals surface area contributed by atoms with E-state index in [1.807, 2.05) is 6.33 Å². The van der Waals surface area contributed by atoms with Gasteiger partial charge < -0.3 is 4.57 Å². The monoisotopic (exact) mass is 164 g/mol. The summed E-state index contributed by atoms with van der Waals surface area (Å²) in [5.74, 6) is 0.583. The molecule has 0 atom stereocenters. The molecule has 0 bridgehead atoms. The summed E-state index contributed by atoms with van der Waals surface area (Å²) in [4.78, 5) is 4.46.